The third-order valence-corrected chi connectivity index (χ3v) is 5.94. The Labute approximate surface area is 211 Å². The molecule has 0 bridgehead atoms. The molecule has 37 heavy (non-hydrogen) atoms. The first-order chi connectivity index (χ1) is 17.8. The molecule has 9 nitrogen and oxygen atoms in total. The fourth-order valence-electron chi connectivity index (χ4n) is 3.94. The number of hydrogen-bond acceptors (Lipinski definition) is 7. The van der Waals surface area contributed by atoms with Crippen molar-refractivity contribution < 1.29 is 23.3 Å². The minimum atomic E-state index is -0.508. The summed E-state index contributed by atoms with van der Waals surface area (Å²) in [6, 6.07) is 20.3. The number of ether oxygens (including phenoxy) is 1. The van der Waals surface area contributed by atoms with Gasteiger partial charge in [-0.2, -0.15) is 0 Å². The summed E-state index contributed by atoms with van der Waals surface area (Å²) in [5.74, 6) is 1.09. The molecule has 186 valence electrons. The average Bonchev–Trinajstić information content (AvgIpc) is 3.56. The number of hydrogen-bond donors (Lipinski definition) is 1. The number of oxazole rings is 1. The Morgan fingerprint density at radius 3 is 2.59 bits per heavy atom. The van der Waals surface area contributed by atoms with Crippen LogP contribution in [-0.2, 0) is 0 Å². The van der Waals surface area contributed by atoms with Crippen LogP contribution in [0.4, 0.5) is 11.4 Å². The van der Waals surface area contributed by atoms with Gasteiger partial charge in [0, 0.05) is 23.3 Å². The number of carbonyl (C=O) groups excluding carboxylic acids is 1. The van der Waals surface area contributed by atoms with Gasteiger partial charge in [0.2, 0.25) is 5.89 Å². The van der Waals surface area contributed by atoms with Gasteiger partial charge in [0.1, 0.15) is 17.0 Å². The smallest absolute Gasteiger partial charge is 0.291 e. The highest BCUT2D eigenvalue weighted by atomic mass is 16.6. The van der Waals surface area contributed by atoms with E-state index >= 15 is 0 Å². The Bertz CT molecular complexity index is 1630. The molecule has 2 heterocycles. The first-order valence-electron chi connectivity index (χ1n) is 11.6. The van der Waals surface area contributed by atoms with Gasteiger partial charge in [-0.25, -0.2) is 4.98 Å². The van der Waals surface area contributed by atoms with Gasteiger partial charge in [0.15, 0.2) is 11.3 Å². The second-order valence-corrected chi connectivity index (χ2v) is 8.74. The monoisotopic (exact) mass is 497 g/mol. The number of nitrogens with zero attached hydrogens (tertiary/aromatic N) is 2. The van der Waals surface area contributed by atoms with Crippen molar-refractivity contribution in [1.82, 2.24) is 4.98 Å². The maximum Gasteiger partial charge on any atom is 0.291 e. The Kier molecular flexibility index (Phi) is 6.19. The van der Waals surface area contributed by atoms with Gasteiger partial charge in [-0.1, -0.05) is 32.0 Å². The van der Waals surface area contributed by atoms with Crippen molar-refractivity contribution in [3.8, 4) is 28.5 Å². The number of carbonyl (C=O) groups is 1. The number of anilines is 1. The predicted octanol–water partition coefficient (Wildman–Crippen LogP) is 7.05. The number of rotatable bonds is 7. The van der Waals surface area contributed by atoms with Crippen LogP contribution in [0.2, 0.25) is 0 Å². The number of methoxy groups -OCH3 is 1. The Morgan fingerprint density at radius 2 is 1.84 bits per heavy atom. The SMILES string of the molecule is COc1ccc(-c2nc3cc(C(C)C)ccc3o2)cc1NC(=O)c1ccc(-c2cccc([N+](=O)[O-])c2)o1. The van der Waals surface area contributed by atoms with Gasteiger partial charge in [-0.15, -0.1) is 0 Å². The van der Waals surface area contributed by atoms with Gasteiger partial charge >= 0.3 is 0 Å². The van der Waals surface area contributed by atoms with E-state index in [-0.39, 0.29) is 11.4 Å². The van der Waals surface area contributed by atoms with Crippen molar-refractivity contribution >= 4 is 28.4 Å². The summed E-state index contributed by atoms with van der Waals surface area (Å²) in [6.07, 6.45) is 0. The van der Waals surface area contributed by atoms with Crippen LogP contribution in [0.1, 0.15) is 35.9 Å². The number of benzene rings is 3. The summed E-state index contributed by atoms with van der Waals surface area (Å²) in [6.45, 7) is 4.23. The number of non-ortho nitro benzene ring substituents is 1. The zero-order chi connectivity index (χ0) is 26.1. The molecule has 0 atom stereocenters. The largest absolute Gasteiger partial charge is 0.495 e. The Hall–Kier alpha value is -4.92. The molecule has 2 aromatic heterocycles. The molecule has 0 saturated heterocycles. The van der Waals surface area contributed by atoms with Gasteiger partial charge in [0.05, 0.1) is 17.7 Å². The summed E-state index contributed by atoms with van der Waals surface area (Å²) < 4.78 is 17.1. The summed E-state index contributed by atoms with van der Waals surface area (Å²) in [5.41, 5.74) is 4.08. The molecule has 0 aliphatic rings. The third-order valence-electron chi connectivity index (χ3n) is 5.94. The molecule has 5 rings (SSSR count). The van der Waals surface area contributed by atoms with Gasteiger partial charge in [-0.3, -0.25) is 14.9 Å². The minimum Gasteiger partial charge on any atom is -0.495 e. The van der Waals surface area contributed by atoms with Crippen molar-refractivity contribution in [2.45, 2.75) is 19.8 Å². The van der Waals surface area contributed by atoms with Crippen molar-refractivity contribution in [3.05, 3.63) is 94.2 Å². The van der Waals surface area contributed by atoms with Crippen LogP contribution in [0.5, 0.6) is 5.75 Å². The highest BCUT2D eigenvalue weighted by Crippen LogP contribution is 2.33. The molecule has 0 fully saturated rings. The van der Waals surface area contributed by atoms with Gasteiger partial charge < -0.3 is 18.9 Å². The van der Waals surface area contributed by atoms with Gasteiger partial charge in [-0.05, 0) is 53.9 Å². The maximum atomic E-state index is 13.0. The standard InChI is InChI=1S/C28H23N3O6/c1-16(2)17-7-10-25-22(14-17)30-28(37-25)19-8-9-24(35-3)21(15-19)29-27(32)26-12-11-23(36-26)18-5-4-6-20(13-18)31(33)34/h4-16H,1-3H3,(H,29,32). The second kappa shape index (κ2) is 9.62. The molecule has 0 unspecified atom stereocenters. The van der Waals surface area contributed by atoms with Crippen molar-refractivity contribution in [1.29, 1.82) is 0 Å². The second-order valence-electron chi connectivity index (χ2n) is 8.74. The van der Waals surface area contributed by atoms with E-state index in [4.69, 9.17) is 13.6 Å². The number of aromatic nitrogens is 1. The van der Waals surface area contributed by atoms with E-state index in [1.165, 1.54) is 25.3 Å². The molecular weight excluding hydrogens is 474 g/mol. The molecule has 0 aliphatic carbocycles. The number of fused-ring (bicyclic) bond motifs is 1. The first kappa shape index (κ1) is 23.8. The van der Waals surface area contributed by atoms with Crippen LogP contribution >= 0.6 is 0 Å². The zero-order valence-corrected chi connectivity index (χ0v) is 20.3. The lowest BCUT2D eigenvalue weighted by Gasteiger charge is -2.10. The molecule has 9 heteroatoms. The normalized spacial score (nSPS) is 11.1. The molecule has 1 amide bonds. The van der Waals surface area contributed by atoms with E-state index in [1.807, 2.05) is 18.2 Å². The molecule has 0 aliphatic heterocycles. The lowest BCUT2D eigenvalue weighted by Crippen LogP contribution is -2.11. The van der Waals surface area contributed by atoms with Gasteiger partial charge in [0.25, 0.3) is 11.6 Å². The molecule has 0 saturated carbocycles. The molecule has 0 radical (unpaired) electrons. The van der Waals surface area contributed by atoms with E-state index in [0.717, 1.165) is 11.1 Å². The van der Waals surface area contributed by atoms with Crippen LogP contribution in [0.3, 0.4) is 0 Å². The fourth-order valence-corrected chi connectivity index (χ4v) is 3.94. The summed E-state index contributed by atoms with van der Waals surface area (Å²) in [7, 11) is 1.50. The average molecular weight is 498 g/mol. The summed E-state index contributed by atoms with van der Waals surface area (Å²) in [5, 5.41) is 13.9. The quantitative estimate of drug-likeness (QED) is 0.189. The Morgan fingerprint density at radius 1 is 1.00 bits per heavy atom. The Balaban J connectivity index is 1.41. The van der Waals surface area contributed by atoms with Crippen LogP contribution in [0.15, 0.2) is 81.6 Å². The molecular formula is C28H23N3O6. The van der Waals surface area contributed by atoms with Crippen LogP contribution in [-0.4, -0.2) is 22.9 Å². The number of amides is 1. The van der Waals surface area contributed by atoms with Crippen molar-refractivity contribution in [2.75, 3.05) is 12.4 Å². The van der Waals surface area contributed by atoms with E-state index < -0.39 is 10.8 Å². The maximum absolute atomic E-state index is 13.0. The topological polar surface area (TPSA) is 121 Å². The van der Waals surface area contributed by atoms with Crippen molar-refractivity contribution in [2.24, 2.45) is 0 Å². The highest BCUT2D eigenvalue weighted by Gasteiger charge is 2.18. The van der Waals surface area contributed by atoms with E-state index in [2.05, 4.69) is 24.1 Å². The van der Waals surface area contributed by atoms with Crippen LogP contribution in [0.25, 0.3) is 33.9 Å². The minimum absolute atomic E-state index is 0.0389. The number of nitro groups is 1. The van der Waals surface area contributed by atoms with E-state index in [0.29, 0.717) is 45.7 Å². The molecule has 5 aromatic rings. The number of nitrogens with one attached hydrogen (secondary N) is 1. The third kappa shape index (κ3) is 4.79. The van der Waals surface area contributed by atoms with E-state index in [9.17, 15) is 14.9 Å². The molecule has 0 spiro atoms. The lowest BCUT2D eigenvalue weighted by molar-refractivity contribution is -0.384. The fraction of sp³-hybridized carbons (Fsp3) is 0.143. The van der Waals surface area contributed by atoms with Crippen LogP contribution in [0, 0.1) is 10.1 Å². The molecule has 1 N–H and O–H groups in total. The van der Waals surface area contributed by atoms with E-state index in [1.54, 1.807) is 36.4 Å². The summed E-state index contributed by atoms with van der Waals surface area (Å²) in [4.78, 5) is 28.2. The zero-order valence-electron chi connectivity index (χ0n) is 20.3. The molecule has 3 aromatic carbocycles. The highest BCUT2D eigenvalue weighted by molar-refractivity contribution is 6.03. The lowest BCUT2D eigenvalue weighted by atomic mass is 10.0. The first-order valence-corrected chi connectivity index (χ1v) is 11.6. The van der Waals surface area contributed by atoms with Crippen LogP contribution < -0.4 is 10.1 Å². The predicted molar refractivity (Wildman–Crippen MR) is 139 cm³/mol. The number of furan rings is 1. The van der Waals surface area contributed by atoms with Crippen molar-refractivity contribution in [3.63, 3.8) is 0 Å². The summed E-state index contributed by atoms with van der Waals surface area (Å²) >= 11 is 0. The number of nitro benzene ring substituents is 1.